The molecule has 3 amide bonds. The summed E-state index contributed by atoms with van der Waals surface area (Å²) in [6, 6.07) is 7.46. The first-order valence-electron chi connectivity index (χ1n) is 7.68. The van der Waals surface area contributed by atoms with Crippen LogP contribution in [0.15, 0.2) is 29.6 Å². The Bertz CT molecular complexity index is 784. The van der Waals surface area contributed by atoms with Crippen molar-refractivity contribution in [1.29, 1.82) is 0 Å². The normalized spacial score (nSPS) is 14.3. The topological polar surface area (TPSA) is 79.4 Å². The van der Waals surface area contributed by atoms with Crippen LogP contribution in [0.3, 0.4) is 0 Å². The SMILES string of the molecule is Cc1csc(-c2cccc(NC(=O)CCN3C(=O)CCC3=O)c2)n1. The van der Waals surface area contributed by atoms with Gasteiger partial charge in [0.1, 0.15) is 5.01 Å². The Morgan fingerprint density at radius 1 is 1.29 bits per heavy atom. The Labute approximate surface area is 143 Å². The van der Waals surface area contributed by atoms with E-state index in [0.717, 1.165) is 21.2 Å². The molecule has 1 N–H and O–H groups in total. The summed E-state index contributed by atoms with van der Waals surface area (Å²) < 4.78 is 0. The van der Waals surface area contributed by atoms with E-state index in [0.29, 0.717) is 5.69 Å². The molecule has 2 aromatic rings. The van der Waals surface area contributed by atoms with Gasteiger partial charge in [0, 0.05) is 48.1 Å². The van der Waals surface area contributed by atoms with Gasteiger partial charge in [-0.15, -0.1) is 11.3 Å². The predicted octanol–water partition coefficient (Wildman–Crippen LogP) is 2.60. The molecule has 0 unspecified atom stereocenters. The Balaban J connectivity index is 1.60. The Morgan fingerprint density at radius 2 is 2.04 bits per heavy atom. The quantitative estimate of drug-likeness (QED) is 0.846. The fraction of sp³-hybridized carbons (Fsp3) is 0.294. The van der Waals surface area contributed by atoms with E-state index in [2.05, 4.69) is 10.3 Å². The molecule has 1 fully saturated rings. The van der Waals surface area contributed by atoms with Crippen LogP contribution >= 0.6 is 11.3 Å². The minimum absolute atomic E-state index is 0.0953. The van der Waals surface area contributed by atoms with E-state index in [1.807, 2.05) is 30.5 Å². The average molecular weight is 343 g/mol. The first-order valence-corrected chi connectivity index (χ1v) is 8.56. The minimum atomic E-state index is -0.227. The number of hydrogen-bond acceptors (Lipinski definition) is 5. The van der Waals surface area contributed by atoms with Crippen LogP contribution in [0.5, 0.6) is 0 Å². The summed E-state index contributed by atoms with van der Waals surface area (Å²) in [7, 11) is 0. The van der Waals surface area contributed by atoms with Gasteiger partial charge in [-0.05, 0) is 19.1 Å². The summed E-state index contributed by atoms with van der Waals surface area (Å²) >= 11 is 1.55. The van der Waals surface area contributed by atoms with Crippen LogP contribution in [0.2, 0.25) is 0 Å². The van der Waals surface area contributed by atoms with Gasteiger partial charge in [-0.1, -0.05) is 12.1 Å². The van der Waals surface area contributed by atoms with Crippen molar-refractivity contribution in [2.75, 3.05) is 11.9 Å². The number of anilines is 1. The first kappa shape index (κ1) is 16.3. The van der Waals surface area contributed by atoms with Crippen molar-refractivity contribution in [3.63, 3.8) is 0 Å². The minimum Gasteiger partial charge on any atom is -0.326 e. The van der Waals surface area contributed by atoms with Gasteiger partial charge < -0.3 is 5.32 Å². The van der Waals surface area contributed by atoms with Gasteiger partial charge in [-0.3, -0.25) is 19.3 Å². The number of amides is 3. The largest absolute Gasteiger partial charge is 0.326 e. The number of nitrogens with one attached hydrogen (secondary N) is 1. The third kappa shape index (κ3) is 3.68. The highest BCUT2D eigenvalue weighted by Gasteiger charge is 2.28. The molecule has 2 heterocycles. The summed E-state index contributed by atoms with van der Waals surface area (Å²) in [6.07, 6.45) is 0.587. The lowest BCUT2D eigenvalue weighted by molar-refractivity contribution is -0.138. The average Bonchev–Trinajstić information content (AvgIpc) is 3.12. The lowest BCUT2D eigenvalue weighted by Crippen LogP contribution is -2.32. The molecule has 1 aromatic heterocycles. The second-order valence-corrected chi connectivity index (χ2v) is 6.47. The standard InChI is InChI=1S/C17H17N3O3S/c1-11-10-24-17(18-11)12-3-2-4-13(9-12)19-14(21)7-8-20-15(22)5-6-16(20)23/h2-4,9-10H,5-8H2,1H3,(H,19,21). The highest BCUT2D eigenvalue weighted by molar-refractivity contribution is 7.13. The smallest absolute Gasteiger partial charge is 0.229 e. The highest BCUT2D eigenvalue weighted by atomic mass is 32.1. The van der Waals surface area contributed by atoms with Crippen LogP contribution in [0.25, 0.3) is 10.6 Å². The molecule has 0 bridgehead atoms. The number of thiazole rings is 1. The zero-order valence-electron chi connectivity index (χ0n) is 13.2. The van der Waals surface area contributed by atoms with Crippen molar-refractivity contribution < 1.29 is 14.4 Å². The van der Waals surface area contributed by atoms with E-state index in [4.69, 9.17) is 0 Å². The molecular weight excluding hydrogens is 326 g/mol. The number of hydrogen-bond donors (Lipinski definition) is 1. The van der Waals surface area contributed by atoms with Crippen LogP contribution < -0.4 is 5.32 Å². The van der Waals surface area contributed by atoms with Crippen molar-refractivity contribution in [1.82, 2.24) is 9.88 Å². The summed E-state index contributed by atoms with van der Waals surface area (Å²) in [5, 5.41) is 5.68. The second kappa shape index (κ2) is 6.92. The molecule has 24 heavy (non-hydrogen) atoms. The molecule has 1 saturated heterocycles. The van der Waals surface area contributed by atoms with E-state index < -0.39 is 0 Å². The summed E-state index contributed by atoms with van der Waals surface area (Å²) in [4.78, 5) is 40.7. The highest BCUT2D eigenvalue weighted by Crippen LogP contribution is 2.25. The van der Waals surface area contributed by atoms with Gasteiger partial charge in [0.25, 0.3) is 0 Å². The lowest BCUT2D eigenvalue weighted by atomic mass is 10.2. The fourth-order valence-corrected chi connectivity index (χ4v) is 3.32. The van der Waals surface area contributed by atoms with Crippen LogP contribution in [-0.4, -0.2) is 34.2 Å². The monoisotopic (exact) mass is 343 g/mol. The number of rotatable bonds is 5. The zero-order chi connectivity index (χ0) is 17.1. The third-order valence-electron chi connectivity index (χ3n) is 3.73. The summed E-state index contributed by atoms with van der Waals surface area (Å²) in [6.45, 7) is 2.07. The van der Waals surface area contributed by atoms with Crippen LogP contribution in [0, 0.1) is 6.92 Å². The van der Waals surface area contributed by atoms with Crippen LogP contribution in [-0.2, 0) is 14.4 Å². The number of nitrogens with zero attached hydrogens (tertiary/aromatic N) is 2. The molecule has 7 heteroatoms. The molecule has 124 valence electrons. The van der Waals surface area contributed by atoms with E-state index in [9.17, 15) is 14.4 Å². The van der Waals surface area contributed by atoms with Crippen molar-refractivity contribution >= 4 is 34.7 Å². The number of benzene rings is 1. The summed E-state index contributed by atoms with van der Waals surface area (Å²) in [5.41, 5.74) is 2.57. The zero-order valence-corrected chi connectivity index (χ0v) is 14.1. The van der Waals surface area contributed by atoms with Crippen molar-refractivity contribution in [2.45, 2.75) is 26.2 Å². The second-order valence-electron chi connectivity index (χ2n) is 5.61. The van der Waals surface area contributed by atoms with E-state index in [-0.39, 0.29) is 43.5 Å². The molecular formula is C17H17N3O3S. The van der Waals surface area contributed by atoms with Gasteiger partial charge in [-0.25, -0.2) is 4.98 Å². The van der Waals surface area contributed by atoms with Crippen LogP contribution in [0.1, 0.15) is 25.0 Å². The number of aryl methyl sites for hydroxylation is 1. The summed E-state index contributed by atoms with van der Waals surface area (Å²) in [5.74, 6) is -0.627. The number of likely N-dealkylation sites (tertiary alicyclic amines) is 1. The molecule has 1 aromatic carbocycles. The maximum Gasteiger partial charge on any atom is 0.229 e. The Hall–Kier alpha value is -2.54. The fourth-order valence-electron chi connectivity index (χ4n) is 2.53. The Kier molecular flexibility index (Phi) is 4.71. The van der Waals surface area contributed by atoms with Gasteiger partial charge in [0.2, 0.25) is 17.7 Å². The lowest BCUT2D eigenvalue weighted by Gasteiger charge is -2.13. The molecule has 3 rings (SSSR count). The molecule has 0 spiro atoms. The number of aromatic nitrogens is 1. The van der Waals surface area contributed by atoms with Gasteiger partial charge >= 0.3 is 0 Å². The predicted molar refractivity (Wildman–Crippen MR) is 91.5 cm³/mol. The van der Waals surface area contributed by atoms with E-state index in [1.165, 1.54) is 0 Å². The number of imide groups is 1. The molecule has 1 aliphatic rings. The maximum absolute atomic E-state index is 12.1. The van der Waals surface area contributed by atoms with Crippen LogP contribution in [0.4, 0.5) is 5.69 Å². The van der Waals surface area contributed by atoms with Gasteiger partial charge in [0.15, 0.2) is 0 Å². The van der Waals surface area contributed by atoms with E-state index in [1.54, 1.807) is 17.4 Å². The number of carbonyl (C=O) groups excluding carboxylic acids is 3. The maximum atomic E-state index is 12.1. The van der Waals surface area contributed by atoms with Crippen molar-refractivity contribution in [3.05, 3.63) is 35.3 Å². The first-order chi connectivity index (χ1) is 11.5. The van der Waals surface area contributed by atoms with Crippen molar-refractivity contribution in [3.8, 4) is 10.6 Å². The molecule has 1 aliphatic heterocycles. The molecule has 0 atom stereocenters. The number of carbonyl (C=O) groups is 3. The molecule has 0 saturated carbocycles. The molecule has 6 nitrogen and oxygen atoms in total. The van der Waals surface area contributed by atoms with Gasteiger partial charge in [0.05, 0.1) is 0 Å². The Morgan fingerprint density at radius 3 is 2.71 bits per heavy atom. The van der Waals surface area contributed by atoms with Gasteiger partial charge in [-0.2, -0.15) is 0 Å². The third-order valence-corrected chi connectivity index (χ3v) is 4.74. The van der Waals surface area contributed by atoms with Crippen molar-refractivity contribution in [2.24, 2.45) is 0 Å². The molecule has 0 aliphatic carbocycles. The molecule has 0 radical (unpaired) electrons. The van der Waals surface area contributed by atoms with E-state index >= 15 is 0 Å².